The minimum atomic E-state index is -1.67. The van der Waals surface area contributed by atoms with Gasteiger partial charge in [0.05, 0.1) is 25.0 Å². The monoisotopic (exact) mass is 857 g/mol. The van der Waals surface area contributed by atoms with Crippen LogP contribution in [0.4, 0.5) is 0 Å². The van der Waals surface area contributed by atoms with Crippen LogP contribution in [0.2, 0.25) is 0 Å². The Bertz CT molecular complexity index is 1530. The van der Waals surface area contributed by atoms with Gasteiger partial charge in [-0.25, -0.2) is 34.1 Å². The number of hydrogen-bond acceptors (Lipinski definition) is 18. The fourth-order valence-corrected chi connectivity index (χ4v) is 2.60. The standard InChI is InChI=1S/C10H15N3O2.C8H11N3O2.C6H6N2O.C3H4O4.C2H4O2.C2H6O.Cl2OS.H3N/c1-3-15-10(14)4-9(11)8-5-12-7(2)13-6-8;1-5-10-3-6(4-11-5)7(9)2-8(12)13;1-5-7-2-6(4-9)3-8-5;4-2(5)1-3(6)7;1-2(3)4;1-2-3;1-4(2)3;/h5-6,9H,3-4,11H2,1-2H3;3-4,7H,2,9H2,1H3,(H,12,13);2-4H,1H3;1H2,(H,4,5)(H,6,7);1H3,(H,3,4);3H,2H2,1H3;;1H3. The van der Waals surface area contributed by atoms with E-state index in [2.05, 4.69) is 51.3 Å². The van der Waals surface area contributed by atoms with E-state index in [9.17, 15) is 24.0 Å². The SMILES string of the molecule is CC(=O)O.CCO.CCOC(=O)CC(N)c1cnc(C)nc1.Cc1ncc(C(N)CC(=O)O)cn1.Cc1ncc(C=O)cn1.N.O=C(O)CC(=O)O.O=S(Cl)Cl. The number of nitrogens with zero attached hydrogens (tertiary/aromatic N) is 6. The zero-order valence-corrected chi connectivity index (χ0v) is 33.8. The molecule has 0 saturated heterocycles. The number of aliphatic carboxylic acids is 4. The zero-order chi connectivity index (χ0) is 43.5. The Morgan fingerprint density at radius 3 is 1.25 bits per heavy atom. The fourth-order valence-electron chi connectivity index (χ4n) is 2.60. The first-order valence-electron chi connectivity index (χ1n) is 15.2. The van der Waals surface area contributed by atoms with Gasteiger partial charge >= 0.3 is 23.9 Å². The summed E-state index contributed by atoms with van der Waals surface area (Å²) in [5.74, 6) is -2.67. The van der Waals surface area contributed by atoms with Crippen molar-refractivity contribution < 1.29 is 63.2 Å². The second-order valence-corrected chi connectivity index (χ2v) is 12.1. The molecule has 0 saturated carbocycles. The third kappa shape index (κ3) is 45.0. The number of carbonyl (C=O) groups is 6. The number of carboxylic acid groups (broad SMARTS) is 4. The van der Waals surface area contributed by atoms with Crippen LogP contribution in [0.3, 0.4) is 0 Å². The maximum atomic E-state index is 11.2. The van der Waals surface area contributed by atoms with Crippen LogP contribution in [0.5, 0.6) is 0 Å². The Labute approximate surface area is 334 Å². The average molecular weight is 859 g/mol. The van der Waals surface area contributed by atoms with Crippen LogP contribution in [0.15, 0.2) is 37.2 Å². The van der Waals surface area contributed by atoms with E-state index >= 15 is 0 Å². The minimum absolute atomic E-state index is 0. The first kappa shape index (κ1) is 60.1. The molecule has 0 aliphatic carbocycles. The summed E-state index contributed by atoms with van der Waals surface area (Å²) < 4.78 is 13.9. The summed E-state index contributed by atoms with van der Waals surface area (Å²) >= 11 is 0. The van der Waals surface area contributed by atoms with Crippen molar-refractivity contribution in [3.8, 4) is 0 Å². The van der Waals surface area contributed by atoms with Crippen molar-refractivity contribution in [3.05, 3.63) is 71.3 Å². The molecular weight excluding hydrogens is 809 g/mol. The van der Waals surface area contributed by atoms with Crippen LogP contribution in [0.1, 0.15) is 91.1 Å². The van der Waals surface area contributed by atoms with Crippen LogP contribution in [0.25, 0.3) is 0 Å². The molecule has 3 heterocycles. The molecule has 0 aromatic carbocycles. The summed E-state index contributed by atoms with van der Waals surface area (Å²) in [5.41, 5.74) is 13.3. The Kier molecular flexibility index (Phi) is 40.9. The molecule has 0 radical (unpaired) electrons. The first-order valence-corrected chi connectivity index (χ1v) is 18.0. The number of carboxylic acids is 4. The van der Waals surface area contributed by atoms with Crippen LogP contribution in [0, 0.1) is 20.8 Å². The van der Waals surface area contributed by atoms with Gasteiger partial charge in [-0.3, -0.25) is 28.8 Å². The lowest BCUT2D eigenvalue weighted by atomic mass is 10.1. The van der Waals surface area contributed by atoms with Crippen molar-refractivity contribution in [1.82, 2.24) is 36.1 Å². The van der Waals surface area contributed by atoms with Crippen LogP contribution in [-0.2, 0) is 37.9 Å². The van der Waals surface area contributed by atoms with E-state index in [1.807, 2.05) is 0 Å². The summed E-state index contributed by atoms with van der Waals surface area (Å²) in [6.45, 7) is 10.5. The van der Waals surface area contributed by atoms with Crippen LogP contribution in [-0.4, -0.2) is 109 Å². The highest BCUT2D eigenvalue weighted by atomic mass is 36.0. The van der Waals surface area contributed by atoms with Crippen LogP contribution >= 0.6 is 21.4 Å². The predicted molar refractivity (Wildman–Crippen MR) is 204 cm³/mol. The number of ether oxygens (including phenoxy) is 1. The molecule has 0 aliphatic rings. The van der Waals surface area contributed by atoms with Crippen LogP contribution < -0.4 is 17.6 Å². The molecule has 22 nitrogen and oxygen atoms in total. The molecule has 3 rings (SSSR count). The second-order valence-electron chi connectivity index (χ2n) is 9.61. The number of esters is 1. The molecule has 0 amide bonds. The Morgan fingerprint density at radius 1 is 0.732 bits per heavy atom. The number of hydrogen-bond donors (Lipinski definition) is 8. The Balaban J connectivity index is -0.000000193. The highest BCUT2D eigenvalue weighted by molar-refractivity contribution is 8.26. The van der Waals surface area contributed by atoms with E-state index < -0.39 is 51.6 Å². The molecule has 0 aliphatic heterocycles. The molecule has 3 aromatic heterocycles. The lowest BCUT2D eigenvalue weighted by Gasteiger charge is -2.10. The topological polar surface area (TPSA) is 394 Å². The van der Waals surface area contributed by atoms with E-state index in [-0.39, 0.29) is 31.6 Å². The summed E-state index contributed by atoms with van der Waals surface area (Å²) in [7, 11) is 7.36. The van der Waals surface area contributed by atoms with E-state index in [1.54, 1.807) is 59.4 Å². The van der Waals surface area contributed by atoms with Gasteiger partial charge in [-0.05, 0) is 34.6 Å². The number of aromatic nitrogens is 6. The lowest BCUT2D eigenvalue weighted by molar-refractivity contribution is -0.147. The number of nitrogens with two attached hydrogens (primary N) is 2. The van der Waals surface area contributed by atoms with Gasteiger partial charge in [-0.15, -0.1) is 0 Å². The van der Waals surface area contributed by atoms with Gasteiger partial charge in [0.15, 0.2) is 6.29 Å². The van der Waals surface area contributed by atoms with Crippen molar-refractivity contribution in [1.29, 1.82) is 0 Å². The molecule has 3 aromatic rings. The maximum Gasteiger partial charge on any atom is 0.314 e. The summed E-state index contributed by atoms with van der Waals surface area (Å²) in [5, 5.41) is 38.9. The largest absolute Gasteiger partial charge is 0.481 e. The number of aliphatic hydroxyl groups is 1. The first-order chi connectivity index (χ1) is 25.6. The predicted octanol–water partition coefficient (Wildman–Crippen LogP) is 2.43. The smallest absolute Gasteiger partial charge is 0.314 e. The Hall–Kier alpha value is -5.17. The number of aldehydes is 1. The third-order valence-corrected chi connectivity index (χ3v) is 4.78. The summed E-state index contributed by atoms with van der Waals surface area (Å²) in [4.78, 5) is 82.9. The molecule has 0 fully saturated rings. The van der Waals surface area contributed by atoms with Gasteiger partial charge in [0.2, 0.25) is 9.23 Å². The summed E-state index contributed by atoms with van der Waals surface area (Å²) in [6, 6.07) is -0.928. The highest BCUT2D eigenvalue weighted by Gasteiger charge is 2.13. The molecular formula is C31H49Cl2N9O13S. The minimum Gasteiger partial charge on any atom is -0.481 e. The van der Waals surface area contributed by atoms with Crippen molar-refractivity contribution in [2.75, 3.05) is 13.2 Å². The van der Waals surface area contributed by atoms with Gasteiger partial charge in [-0.1, -0.05) is 0 Å². The zero-order valence-electron chi connectivity index (χ0n) is 31.4. The van der Waals surface area contributed by atoms with Crippen molar-refractivity contribution >= 4 is 66.7 Å². The molecule has 2 atom stereocenters. The molecule has 12 N–H and O–H groups in total. The van der Waals surface area contributed by atoms with E-state index in [0.717, 1.165) is 18.8 Å². The van der Waals surface area contributed by atoms with E-state index in [1.165, 1.54) is 12.4 Å². The van der Waals surface area contributed by atoms with E-state index in [0.29, 0.717) is 35.2 Å². The lowest BCUT2D eigenvalue weighted by Crippen LogP contribution is -2.17. The fraction of sp³-hybridized carbons (Fsp3) is 0.419. The van der Waals surface area contributed by atoms with Gasteiger partial charge in [-0.2, -0.15) is 0 Å². The number of carbonyl (C=O) groups excluding carboxylic acids is 2. The number of aryl methyl sites for hydroxylation is 3. The molecule has 25 heteroatoms. The molecule has 316 valence electrons. The third-order valence-electron chi connectivity index (χ3n) is 4.78. The molecule has 0 bridgehead atoms. The second kappa shape index (κ2) is 38.1. The molecule has 56 heavy (non-hydrogen) atoms. The van der Waals surface area contributed by atoms with Crippen molar-refractivity contribution in [2.24, 2.45) is 11.5 Å². The number of halogens is 2. The van der Waals surface area contributed by atoms with Gasteiger partial charge in [0.1, 0.15) is 23.9 Å². The Morgan fingerprint density at radius 2 is 1.02 bits per heavy atom. The van der Waals surface area contributed by atoms with E-state index in [4.69, 9.17) is 50.7 Å². The quantitative estimate of drug-likeness (QED) is 0.0628. The molecule has 2 unspecified atom stereocenters. The number of rotatable bonds is 10. The summed E-state index contributed by atoms with van der Waals surface area (Å²) in [6.07, 6.45) is 9.32. The number of aliphatic hydroxyl groups excluding tert-OH is 1. The van der Waals surface area contributed by atoms with Crippen molar-refractivity contribution in [3.63, 3.8) is 0 Å². The van der Waals surface area contributed by atoms with Gasteiger partial charge in [0.25, 0.3) is 5.97 Å². The maximum absolute atomic E-state index is 11.2. The van der Waals surface area contributed by atoms with Gasteiger partial charge in [0, 0.05) is 95.3 Å². The van der Waals surface area contributed by atoms with Crippen molar-refractivity contribution in [2.45, 2.75) is 72.9 Å². The van der Waals surface area contributed by atoms with Gasteiger partial charge < -0.3 is 47.9 Å². The normalized spacial score (nSPS) is 10.0. The molecule has 0 spiro atoms. The average Bonchev–Trinajstić information content (AvgIpc) is 3.06. The highest BCUT2D eigenvalue weighted by Crippen LogP contribution is 2.12.